The number of pyridine rings is 1. The van der Waals surface area contributed by atoms with E-state index in [0.717, 1.165) is 30.0 Å². The Morgan fingerprint density at radius 3 is 2.52 bits per heavy atom. The van der Waals surface area contributed by atoms with Gasteiger partial charge in [-0.1, -0.05) is 35.9 Å². The molecule has 1 N–H and O–H groups in total. The number of anilines is 1. The predicted molar refractivity (Wildman–Crippen MR) is 112 cm³/mol. The van der Waals surface area contributed by atoms with E-state index in [2.05, 4.69) is 15.2 Å². The first-order chi connectivity index (χ1) is 14.1. The molecular weight excluding hydrogens is 364 g/mol. The molecule has 0 radical (unpaired) electrons. The van der Waals surface area contributed by atoms with E-state index in [4.69, 9.17) is 0 Å². The van der Waals surface area contributed by atoms with Crippen LogP contribution >= 0.6 is 0 Å². The number of rotatable bonds is 6. The van der Waals surface area contributed by atoms with Gasteiger partial charge < -0.3 is 15.1 Å². The summed E-state index contributed by atoms with van der Waals surface area (Å²) in [6.45, 7) is 5.65. The van der Waals surface area contributed by atoms with Crippen molar-refractivity contribution in [3.63, 3.8) is 0 Å². The monoisotopic (exact) mass is 392 g/mol. The second-order valence-electron chi connectivity index (χ2n) is 8.10. The zero-order chi connectivity index (χ0) is 20.2. The molecule has 152 valence electrons. The number of hydrogen-bond donors (Lipinski definition) is 1. The van der Waals surface area contributed by atoms with Crippen molar-refractivity contribution in [2.24, 2.45) is 5.92 Å². The molecule has 0 bridgehead atoms. The van der Waals surface area contributed by atoms with E-state index in [1.807, 2.05) is 49.5 Å². The Kier molecular flexibility index (Phi) is 5.79. The molecule has 2 aromatic rings. The normalized spacial score (nSPS) is 19.1. The maximum Gasteiger partial charge on any atom is 0.225 e. The molecule has 29 heavy (non-hydrogen) atoms. The molecule has 1 aromatic carbocycles. The van der Waals surface area contributed by atoms with E-state index >= 15 is 0 Å². The third-order valence-corrected chi connectivity index (χ3v) is 5.79. The van der Waals surface area contributed by atoms with Crippen LogP contribution in [0.1, 0.15) is 36.0 Å². The van der Waals surface area contributed by atoms with Crippen LogP contribution in [-0.4, -0.2) is 41.3 Å². The third kappa shape index (κ3) is 4.75. The number of nitrogens with one attached hydrogen (secondary N) is 1. The first-order valence-electron chi connectivity index (χ1n) is 10.4. The van der Waals surface area contributed by atoms with Crippen LogP contribution in [0.5, 0.6) is 0 Å². The summed E-state index contributed by atoms with van der Waals surface area (Å²) in [5.74, 6) is 0.700. The molecule has 0 saturated carbocycles. The SMILES string of the molecule is Cc1ccc(CN2CC(C(=O)NCc3ccc(N4CCCC4)nc3)CC2=O)cc1. The van der Waals surface area contributed by atoms with Gasteiger partial charge in [-0.25, -0.2) is 4.98 Å². The standard InChI is InChI=1S/C23H28N4O2/c1-17-4-6-18(7-5-17)15-27-16-20(12-22(27)28)23(29)25-14-19-8-9-21(24-13-19)26-10-2-3-11-26/h4-9,13,20H,2-3,10-12,14-16H2,1H3,(H,25,29). The van der Waals surface area contributed by atoms with Gasteiger partial charge in [-0.2, -0.15) is 0 Å². The number of nitrogens with zero attached hydrogens (tertiary/aromatic N) is 3. The molecule has 1 unspecified atom stereocenters. The molecular formula is C23H28N4O2. The first-order valence-corrected chi connectivity index (χ1v) is 10.4. The summed E-state index contributed by atoms with van der Waals surface area (Å²) in [6.07, 6.45) is 4.56. The summed E-state index contributed by atoms with van der Waals surface area (Å²) in [7, 11) is 0. The number of carbonyl (C=O) groups excluding carboxylic acids is 2. The molecule has 1 atom stereocenters. The molecule has 6 nitrogen and oxygen atoms in total. The Morgan fingerprint density at radius 1 is 1.10 bits per heavy atom. The molecule has 2 fully saturated rings. The molecule has 4 rings (SSSR count). The van der Waals surface area contributed by atoms with Crippen molar-refractivity contribution in [3.8, 4) is 0 Å². The lowest BCUT2D eigenvalue weighted by molar-refractivity contribution is -0.129. The van der Waals surface area contributed by atoms with Crippen molar-refractivity contribution < 1.29 is 9.59 Å². The molecule has 2 aliphatic rings. The van der Waals surface area contributed by atoms with Gasteiger partial charge in [0.25, 0.3) is 0 Å². The van der Waals surface area contributed by atoms with Crippen LogP contribution in [0, 0.1) is 12.8 Å². The van der Waals surface area contributed by atoms with Crippen molar-refractivity contribution in [3.05, 3.63) is 59.3 Å². The van der Waals surface area contributed by atoms with Crippen LogP contribution in [-0.2, 0) is 22.7 Å². The van der Waals surface area contributed by atoms with E-state index < -0.39 is 0 Å². The van der Waals surface area contributed by atoms with E-state index in [0.29, 0.717) is 19.6 Å². The van der Waals surface area contributed by atoms with Crippen molar-refractivity contribution in [1.82, 2.24) is 15.2 Å². The lowest BCUT2D eigenvalue weighted by Gasteiger charge is -2.17. The smallest absolute Gasteiger partial charge is 0.225 e. The number of aryl methyl sites for hydroxylation is 1. The topological polar surface area (TPSA) is 65.5 Å². The number of likely N-dealkylation sites (tertiary alicyclic amines) is 1. The Morgan fingerprint density at radius 2 is 1.83 bits per heavy atom. The fourth-order valence-corrected chi connectivity index (χ4v) is 4.00. The summed E-state index contributed by atoms with van der Waals surface area (Å²) in [4.78, 5) is 33.5. The number of amides is 2. The average molecular weight is 393 g/mol. The quantitative estimate of drug-likeness (QED) is 0.821. The summed E-state index contributed by atoms with van der Waals surface area (Å²) in [5.41, 5.74) is 3.26. The van der Waals surface area contributed by atoms with Gasteiger partial charge in [-0.15, -0.1) is 0 Å². The number of hydrogen-bond acceptors (Lipinski definition) is 4. The number of carbonyl (C=O) groups is 2. The summed E-state index contributed by atoms with van der Waals surface area (Å²) in [5, 5.41) is 2.97. The largest absolute Gasteiger partial charge is 0.357 e. The summed E-state index contributed by atoms with van der Waals surface area (Å²) >= 11 is 0. The van der Waals surface area contributed by atoms with Crippen molar-refractivity contribution in [2.45, 2.75) is 39.3 Å². The van der Waals surface area contributed by atoms with Crippen LogP contribution in [0.25, 0.3) is 0 Å². The molecule has 0 spiro atoms. The van der Waals surface area contributed by atoms with Crippen LogP contribution in [0.4, 0.5) is 5.82 Å². The minimum Gasteiger partial charge on any atom is -0.357 e. The zero-order valence-corrected chi connectivity index (χ0v) is 16.9. The van der Waals surface area contributed by atoms with E-state index in [1.165, 1.54) is 18.4 Å². The average Bonchev–Trinajstić information content (AvgIpc) is 3.39. The summed E-state index contributed by atoms with van der Waals surface area (Å²) < 4.78 is 0. The van der Waals surface area contributed by atoms with Gasteiger partial charge in [-0.05, 0) is 37.0 Å². The maximum atomic E-state index is 12.6. The molecule has 2 saturated heterocycles. The molecule has 3 heterocycles. The number of benzene rings is 1. The zero-order valence-electron chi connectivity index (χ0n) is 16.9. The van der Waals surface area contributed by atoms with Crippen LogP contribution in [0.2, 0.25) is 0 Å². The van der Waals surface area contributed by atoms with Crippen molar-refractivity contribution >= 4 is 17.6 Å². The van der Waals surface area contributed by atoms with E-state index in [9.17, 15) is 9.59 Å². The highest BCUT2D eigenvalue weighted by molar-refractivity contribution is 5.89. The van der Waals surface area contributed by atoms with Gasteiger partial charge >= 0.3 is 0 Å². The molecule has 6 heteroatoms. The molecule has 2 amide bonds. The second kappa shape index (κ2) is 8.64. The maximum absolute atomic E-state index is 12.6. The second-order valence-corrected chi connectivity index (χ2v) is 8.10. The fraction of sp³-hybridized carbons (Fsp3) is 0.435. The molecule has 1 aromatic heterocycles. The van der Waals surface area contributed by atoms with Gasteiger partial charge in [0, 0.05) is 45.3 Å². The Bertz CT molecular complexity index is 857. The fourth-order valence-electron chi connectivity index (χ4n) is 4.00. The van der Waals surface area contributed by atoms with Gasteiger partial charge in [0.15, 0.2) is 0 Å². The van der Waals surface area contributed by atoms with Crippen LogP contribution < -0.4 is 10.2 Å². The van der Waals surface area contributed by atoms with Gasteiger partial charge in [0.1, 0.15) is 5.82 Å². The lowest BCUT2D eigenvalue weighted by atomic mass is 10.1. The highest BCUT2D eigenvalue weighted by Crippen LogP contribution is 2.21. The third-order valence-electron chi connectivity index (χ3n) is 5.79. The lowest BCUT2D eigenvalue weighted by Crippen LogP contribution is -2.32. The predicted octanol–water partition coefficient (Wildman–Crippen LogP) is 2.66. The van der Waals surface area contributed by atoms with Crippen molar-refractivity contribution in [2.75, 3.05) is 24.5 Å². The van der Waals surface area contributed by atoms with Crippen molar-refractivity contribution in [1.29, 1.82) is 0 Å². The minimum absolute atomic E-state index is 0.0438. The Labute approximate surface area is 171 Å². The highest BCUT2D eigenvalue weighted by atomic mass is 16.2. The highest BCUT2D eigenvalue weighted by Gasteiger charge is 2.34. The van der Waals surface area contributed by atoms with Gasteiger partial charge in [0.2, 0.25) is 11.8 Å². The minimum atomic E-state index is -0.287. The Hall–Kier alpha value is -2.89. The van der Waals surface area contributed by atoms with E-state index in [1.54, 1.807) is 4.90 Å². The Balaban J connectivity index is 1.27. The van der Waals surface area contributed by atoms with Gasteiger partial charge in [0.05, 0.1) is 5.92 Å². The number of aromatic nitrogens is 1. The molecule has 2 aliphatic heterocycles. The van der Waals surface area contributed by atoms with E-state index in [-0.39, 0.29) is 24.2 Å². The van der Waals surface area contributed by atoms with Crippen LogP contribution in [0.15, 0.2) is 42.6 Å². The summed E-state index contributed by atoms with van der Waals surface area (Å²) in [6, 6.07) is 12.2. The first kappa shape index (κ1) is 19.4. The van der Waals surface area contributed by atoms with Crippen LogP contribution in [0.3, 0.4) is 0 Å². The van der Waals surface area contributed by atoms with Gasteiger partial charge in [-0.3, -0.25) is 9.59 Å². The molecule has 0 aliphatic carbocycles.